The second kappa shape index (κ2) is 13.1. The zero-order chi connectivity index (χ0) is 28.7. The smallest absolute Gasteiger partial charge is 0.244 e. The highest BCUT2D eigenvalue weighted by molar-refractivity contribution is 7.92. The van der Waals surface area contributed by atoms with Crippen LogP contribution in [0.5, 0.6) is 0 Å². The molecule has 0 radical (unpaired) electrons. The van der Waals surface area contributed by atoms with Crippen LogP contribution in [0.1, 0.15) is 42.4 Å². The van der Waals surface area contributed by atoms with E-state index in [2.05, 4.69) is 5.32 Å². The number of amides is 2. The summed E-state index contributed by atoms with van der Waals surface area (Å²) in [7, 11) is -4.03. The van der Waals surface area contributed by atoms with Crippen LogP contribution < -0.4 is 9.62 Å². The lowest BCUT2D eigenvalue weighted by molar-refractivity contribution is -0.140. The molecule has 1 N–H and O–H groups in total. The van der Waals surface area contributed by atoms with Crippen molar-refractivity contribution in [1.29, 1.82) is 0 Å². The molecule has 1 aliphatic carbocycles. The minimum Gasteiger partial charge on any atom is -0.352 e. The fraction of sp³-hybridized carbons (Fsp3) is 0.355. The average Bonchev–Trinajstić information content (AvgIpc) is 3.43. The Kier molecular flexibility index (Phi) is 9.58. The first kappa shape index (κ1) is 29.3. The number of anilines is 1. The van der Waals surface area contributed by atoms with E-state index in [1.807, 2.05) is 61.5 Å². The van der Waals surface area contributed by atoms with Crippen LogP contribution in [-0.4, -0.2) is 50.0 Å². The summed E-state index contributed by atoms with van der Waals surface area (Å²) < 4.78 is 41.1. The van der Waals surface area contributed by atoms with Crippen LogP contribution in [0.4, 0.5) is 10.1 Å². The Hall–Kier alpha value is -3.72. The number of carbonyl (C=O) groups excluding carboxylic acids is 2. The second-order valence-electron chi connectivity index (χ2n) is 10.4. The lowest BCUT2D eigenvalue weighted by Crippen LogP contribution is -2.54. The van der Waals surface area contributed by atoms with E-state index in [4.69, 9.17) is 0 Å². The zero-order valence-electron chi connectivity index (χ0n) is 22.9. The minimum atomic E-state index is -4.03. The van der Waals surface area contributed by atoms with Crippen molar-refractivity contribution in [2.24, 2.45) is 0 Å². The van der Waals surface area contributed by atoms with Gasteiger partial charge in [0, 0.05) is 19.0 Å². The molecule has 212 valence electrons. The third-order valence-electron chi connectivity index (χ3n) is 7.37. The number of carbonyl (C=O) groups is 2. The quantitative estimate of drug-likeness (QED) is 0.368. The molecule has 0 aromatic heterocycles. The SMILES string of the molecule is Cc1ccccc1CN(C(=O)CN(c1ccccc1F)S(C)(=O)=O)[C@@H](Cc1ccccc1)C(=O)NC1CCCC1. The standard InChI is InChI=1S/C31H36FN3O4S/c1-23-12-6-7-15-25(23)21-34(30(36)22-35(40(2,38)39)28-19-11-10-18-27(28)32)29(20-24-13-4-3-5-14-24)31(37)33-26-16-8-9-17-26/h3-7,10-15,18-19,26,29H,8-9,16-17,20-22H2,1-2H3,(H,33,37)/t29-/m0/s1. The monoisotopic (exact) mass is 565 g/mol. The van der Waals surface area contributed by atoms with E-state index in [0.29, 0.717) is 0 Å². The predicted octanol–water partition coefficient (Wildman–Crippen LogP) is 4.60. The van der Waals surface area contributed by atoms with E-state index < -0.39 is 34.3 Å². The Morgan fingerprint density at radius 2 is 1.57 bits per heavy atom. The normalized spacial score (nSPS) is 14.5. The van der Waals surface area contributed by atoms with Crippen LogP contribution >= 0.6 is 0 Å². The Labute approximate surface area is 236 Å². The molecule has 0 spiro atoms. The summed E-state index contributed by atoms with van der Waals surface area (Å²) >= 11 is 0. The van der Waals surface area contributed by atoms with Crippen molar-refractivity contribution in [3.05, 3.63) is 101 Å². The molecule has 7 nitrogen and oxygen atoms in total. The first-order valence-corrected chi connectivity index (χ1v) is 15.4. The van der Waals surface area contributed by atoms with Gasteiger partial charge >= 0.3 is 0 Å². The highest BCUT2D eigenvalue weighted by Crippen LogP contribution is 2.24. The molecular weight excluding hydrogens is 529 g/mol. The molecule has 1 atom stereocenters. The lowest BCUT2D eigenvalue weighted by atomic mass is 10.0. The molecule has 1 aliphatic rings. The van der Waals surface area contributed by atoms with Crippen molar-refractivity contribution in [2.45, 2.75) is 57.7 Å². The molecule has 0 unspecified atom stereocenters. The molecule has 1 fully saturated rings. The van der Waals surface area contributed by atoms with Gasteiger partial charge in [0.15, 0.2) is 0 Å². The maximum Gasteiger partial charge on any atom is 0.244 e. The lowest BCUT2D eigenvalue weighted by Gasteiger charge is -2.34. The van der Waals surface area contributed by atoms with Gasteiger partial charge in [0.1, 0.15) is 18.4 Å². The van der Waals surface area contributed by atoms with Crippen molar-refractivity contribution in [3.63, 3.8) is 0 Å². The second-order valence-corrected chi connectivity index (χ2v) is 12.3. The van der Waals surface area contributed by atoms with Gasteiger partial charge in [0.2, 0.25) is 21.8 Å². The number of sulfonamides is 1. The summed E-state index contributed by atoms with van der Waals surface area (Å²) in [6.45, 7) is 1.37. The van der Waals surface area contributed by atoms with Crippen LogP contribution in [0.2, 0.25) is 0 Å². The van der Waals surface area contributed by atoms with Crippen LogP contribution in [0, 0.1) is 12.7 Å². The first-order chi connectivity index (χ1) is 19.1. The van der Waals surface area contributed by atoms with E-state index in [-0.39, 0.29) is 30.6 Å². The number of aryl methyl sites for hydroxylation is 1. The minimum absolute atomic E-state index is 0.0344. The average molecular weight is 566 g/mol. The Bertz CT molecular complexity index is 1430. The van der Waals surface area contributed by atoms with Gasteiger partial charge in [-0.25, -0.2) is 12.8 Å². The molecule has 40 heavy (non-hydrogen) atoms. The van der Waals surface area contributed by atoms with E-state index in [1.165, 1.54) is 23.1 Å². The number of para-hydroxylation sites is 1. The van der Waals surface area contributed by atoms with Gasteiger partial charge in [-0.1, -0.05) is 79.6 Å². The van der Waals surface area contributed by atoms with Crippen molar-refractivity contribution in [3.8, 4) is 0 Å². The molecule has 1 saturated carbocycles. The molecule has 0 bridgehead atoms. The number of hydrogen-bond donors (Lipinski definition) is 1. The van der Waals surface area contributed by atoms with Gasteiger partial charge in [-0.15, -0.1) is 0 Å². The predicted molar refractivity (Wildman–Crippen MR) is 155 cm³/mol. The Balaban J connectivity index is 1.74. The fourth-order valence-electron chi connectivity index (χ4n) is 5.14. The largest absolute Gasteiger partial charge is 0.352 e. The molecule has 0 aliphatic heterocycles. The number of rotatable bonds is 11. The summed E-state index contributed by atoms with van der Waals surface area (Å²) in [5, 5.41) is 3.13. The highest BCUT2D eigenvalue weighted by Gasteiger charge is 2.34. The molecule has 9 heteroatoms. The molecule has 4 rings (SSSR count). The third kappa shape index (κ3) is 7.47. The summed E-state index contributed by atoms with van der Waals surface area (Å²) in [6, 6.07) is 21.5. The number of nitrogens with one attached hydrogen (secondary N) is 1. The van der Waals surface area contributed by atoms with Crippen molar-refractivity contribution < 1.29 is 22.4 Å². The molecular formula is C31H36FN3O4S. The summed E-state index contributed by atoms with van der Waals surface area (Å²) in [5.41, 5.74) is 2.42. The van der Waals surface area contributed by atoms with Gasteiger partial charge in [0.05, 0.1) is 11.9 Å². The van der Waals surface area contributed by atoms with E-state index in [1.54, 1.807) is 0 Å². The van der Waals surface area contributed by atoms with E-state index in [9.17, 15) is 22.4 Å². The van der Waals surface area contributed by atoms with Crippen LogP contribution in [0.3, 0.4) is 0 Å². The Morgan fingerprint density at radius 3 is 2.23 bits per heavy atom. The number of nitrogens with zero attached hydrogens (tertiary/aromatic N) is 2. The van der Waals surface area contributed by atoms with Crippen LogP contribution in [0.25, 0.3) is 0 Å². The fourth-order valence-corrected chi connectivity index (χ4v) is 5.99. The maximum atomic E-state index is 14.7. The number of benzene rings is 3. The van der Waals surface area contributed by atoms with Gasteiger partial charge in [-0.05, 0) is 48.6 Å². The topological polar surface area (TPSA) is 86.8 Å². The van der Waals surface area contributed by atoms with Gasteiger partial charge in [0.25, 0.3) is 0 Å². The maximum absolute atomic E-state index is 14.7. The molecule has 3 aromatic carbocycles. The van der Waals surface area contributed by atoms with Crippen LogP contribution in [-0.2, 0) is 32.6 Å². The van der Waals surface area contributed by atoms with Crippen LogP contribution in [0.15, 0.2) is 78.9 Å². The van der Waals surface area contributed by atoms with Crippen molar-refractivity contribution >= 4 is 27.5 Å². The van der Waals surface area contributed by atoms with Crippen molar-refractivity contribution in [2.75, 3.05) is 17.1 Å². The number of hydrogen-bond acceptors (Lipinski definition) is 4. The zero-order valence-corrected chi connectivity index (χ0v) is 23.7. The van der Waals surface area contributed by atoms with Gasteiger partial charge < -0.3 is 10.2 Å². The third-order valence-corrected chi connectivity index (χ3v) is 8.50. The van der Waals surface area contributed by atoms with E-state index >= 15 is 0 Å². The molecule has 2 amide bonds. The van der Waals surface area contributed by atoms with E-state index in [0.717, 1.165) is 59.0 Å². The summed E-state index contributed by atoms with van der Waals surface area (Å²) in [6.07, 6.45) is 5.01. The molecule has 3 aromatic rings. The van der Waals surface area contributed by atoms with Gasteiger partial charge in [-0.3, -0.25) is 13.9 Å². The summed E-state index contributed by atoms with van der Waals surface area (Å²) in [4.78, 5) is 29.4. The highest BCUT2D eigenvalue weighted by atomic mass is 32.2. The van der Waals surface area contributed by atoms with Crippen molar-refractivity contribution in [1.82, 2.24) is 10.2 Å². The Morgan fingerprint density at radius 1 is 0.950 bits per heavy atom. The van der Waals surface area contributed by atoms with Gasteiger partial charge in [-0.2, -0.15) is 0 Å². The summed E-state index contributed by atoms with van der Waals surface area (Å²) in [5.74, 6) is -1.64. The molecule has 0 saturated heterocycles. The molecule has 0 heterocycles. The first-order valence-electron chi connectivity index (χ1n) is 13.5. The number of halogens is 1.